The number of hydrogen-bond acceptors (Lipinski definition) is 5. The summed E-state index contributed by atoms with van der Waals surface area (Å²) in [6, 6.07) is 14.1. The van der Waals surface area contributed by atoms with E-state index in [-0.39, 0.29) is 5.91 Å². The number of likely N-dealkylation sites (tertiary alicyclic amines) is 1. The monoisotopic (exact) mass is 337 g/mol. The van der Waals surface area contributed by atoms with E-state index < -0.39 is 0 Å². The Labute approximate surface area is 147 Å². The van der Waals surface area contributed by atoms with Crippen LogP contribution in [-0.2, 0) is 0 Å². The Morgan fingerprint density at radius 2 is 1.84 bits per heavy atom. The first-order chi connectivity index (χ1) is 12.2. The van der Waals surface area contributed by atoms with Crippen LogP contribution in [0.4, 0.5) is 11.5 Å². The van der Waals surface area contributed by atoms with Crippen LogP contribution in [-0.4, -0.2) is 53.2 Å². The van der Waals surface area contributed by atoms with Crippen LogP contribution in [0.5, 0.6) is 0 Å². The summed E-state index contributed by atoms with van der Waals surface area (Å²) in [6.07, 6.45) is 3.58. The maximum absolute atomic E-state index is 12.3. The minimum atomic E-state index is -0.233. The molecule has 2 bridgehead atoms. The molecular formula is C19H23N5O. The number of benzene rings is 1. The van der Waals surface area contributed by atoms with Crippen molar-refractivity contribution in [3.05, 3.63) is 48.2 Å². The van der Waals surface area contributed by atoms with Crippen molar-refractivity contribution in [3.8, 4) is 0 Å². The molecule has 6 nitrogen and oxygen atoms in total. The number of aromatic nitrogens is 2. The topological polar surface area (TPSA) is 61.4 Å². The second-order valence-corrected chi connectivity index (χ2v) is 6.94. The minimum absolute atomic E-state index is 0.233. The normalized spacial score (nSPS) is 23.3. The first-order valence-electron chi connectivity index (χ1n) is 8.88. The molecule has 6 heteroatoms. The van der Waals surface area contributed by atoms with Crippen molar-refractivity contribution >= 4 is 17.4 Å². The molecule has 1 aromatic carbocycles. The summed E-state index contributed by atoms with van der Waals surface area (Å²) < 4.78 is 0. The third-order valence-electron chi connectivity index (χ3n) is 5.17. The molecule has 0 unspecified atom stereocenters. The number of anilines is 2. The summed E-state index contributed by atoms with van der Waals surface area (Å²) in [5.41, 5.74) is 1.10. The maximum atomic E-state index is 12.3. The van der Waals surface area contributed by atoms with Crippen LogP contribution in [0.2, 0.25) is 0 Å². The van der Waals surface area contributed by atoms with Crippen molar-refractivity contribution in [1.82, 2.24) is 15.1 Å². The highest BCUT2D eigenvalue weighted by atomic mass is 16.1. The smallest absolute Gasteiger partial charge is 0.276 e. The van der Waals surface area contributed by atoms with Gasteiger partial charge < -0.3 is 15.1 Å². The average molecular weight is 337 g/mol. The number of rotatable bonds is 3. The lowest BCUT2D eigenvalue weighted by Gasteiger charge is -2.29. The fourth-order valence-corrected chi connectivity index (χ4v) is 3.92. The predicted octanol–water partition coefficient (Wildman–Crippen LogP) is 2.40. The van der Waals surface area contributed by atoms with Crippen molar-refractivity contribution in [2.45, 2.75) is 31.3 Å². The molecule has 2 aliphatic rings. The molecule has 1 amide bonds. The molecule has 2 aliphatic heterocycles. The van der Waals surface area contributed by atoms with E-state index in [1.165, 1.54) is 12.8 Å². The average Bonchev–Trinajstić information content (AvgIpc) is 2.94. The van der Waals surface area contributed by atoms with Gasteiger partial charge in [-0.05, 0) is 57.1 Å². The Bertz CT molecular complexity index is 733. The highest BCUT2D eigenvalue weighted by molar-refractivity contribution is 6.02. The lowest BCUT2D eigenvalue weighted by Crippen LogP contribution is -2.39. The van der Waals surface area contributed by atoms with E-state index in [0.29, 0.717) is 17.8 Å². The number of carbonyl (C=O) groups is 1. The Hall–Kier alpha value is -2.47. The molecule has 2 atom stereocenters. The zero-order valence-corrected chi connectivity index (χ0v) is 14.4. The third kappa shape index (κ3) is 3.35. The van der Waals surface area contributed by atoms with Gasteiger partial charge in [-0.3, -0.25) is 4.79 Å². The molecule has 1 N–H and O–H groups in total. The zero-order valence-electron chi connectivity index (χ0n) is 14.4. The van der Waals surface area contributed by atoms with Gasteiger partial charge in [0.05, 0.1) is 0 Å². The van der Waals surface area contributed by atoms with Crippen LogP contribution in [0.3, 0.4) is 0 Å². The van der Waals surface area contributed by atoms with E-state index in [9.17, 15) is 4.79 Å². The van der Waals surface area contributed by atoms with Gasteiger partial charge >= 0.3 is 0 Å². The maximum Gasteiger partial charge on any atom is 0.276 e. The molecule has 0 spiro atoms. The van der Waals surface area contributed by atoms with Crippen molar-refractivity contribution in [2.75, 3.05) is 30.4 Å². The lowest BCUT2D eigenvalue weighted by atomic mass is 10.1. The fourth-order valence-electron chi connectivity index (χ4n) is 3.92. The van der Waals surface area contributed by atoms with Gasteiger partial charge in [-0.1, -0.05) is 18.2 Å². The van der Waals surface area contributed by atoms with Gasteiger partial charge in [0.15, 0.2) is 11.5 Å². The molecular weight excluding hydrogens is 314 g/mol. The Morgan fingerprint density at radius 3 is 2.60 bits per heavy atom. The molecule has 25 heavy (non-hydrogen) atoms. The van der Waals surface area contributed by atoms with E-state index in [1.807, 2.05) is 36.4 Å². The van der Waals surface area contributed by atoms with E-state index >= 15 is 0 Å². The summed E-state index contributed by atoms with van der Waals surface area (Å²) >= 11 is 0. The third-order valence-corrected chi connectivity index (χ3v) is 5.17. The standard InChI is InChI=1S/C19H23N5O/c1-23-12-11-15-7-8-16(13-23)24(15)18-10-9-17(21-22-18)19(25)20-14-5-3-2-4-6-14/h2-6,9-10,15-16H,7-8,11-13H2,1H3,(H,20,25)/t15-,16+/m0/s1. The molecule has 0 aliphatic carbocycles. The van der Waals surface area contributed by atoms with Gasteiger partial charge in [-0.2, -0.15) is 0 Å². The summed E-state index contributed by atoms with van der Waals surface area (Å²) in [6.45, 7) is 2.19. The van der Waals surface area contributed by atoms with Crippen molar-refractivity contribution in [3.63, 3.8) is 0 Å². The molecule has 2 saturated heterocycles. The molecule has 4 rings (SSSR count). The number of hydrogen-bond donors (Lipinski definition) is 1. The van der Waals surface area contributed by atoms with Crippen LogP contribution < -0.4 is 10.2 Å². The Kier molecular flexibility index (Phi) is 4.36. The summed E-state index contributed by atoms with van der Waals surface area (Å²) in [4.78, 5) is 17.1. The minimum Gasteiger partial charge on any atom is -0.348 e. The number of nitrogens with zero attached hydrogens (tertiary/aromatic N) is 4. The molecule has 0 saturated carbocycles. The fraction of sp³-hybridized carbons (Fsp3) is 0.421. The van der Waals surface area contributed by atoms with Crippen LogP contribution in [0.15, 0.2) is 42.5 Å². The summed E-state index contributed by atoms with van der Waals surface area (Å²) in [5.74, 6) is 0.655. The van der Waals surface area contributed by atoms with E-state index in [2.05, 4.69) is 32.4 Å². The SMILES string of the molecule is CN1CC[C@@H]2CC[C@H](C1)N2c1ccc(C(=O)Nc2ccccc2)nn1. The molecule has 2 aromatic rings. The summed E-state index contributed by atoms with van der Waals surface area (Å²) in [7, 11) is 2.18. The van der Waals surface area contributed by atoms with Gasteiger partial charge in [0.25, 0.3) is 5.91 Å². The number of amides is 1. The predicted molar refractivity (Wildman–Crippen MR) is 97.8 cm³/mol. The van der Waals surface area contributed by atoms with Crippen molar-refractivity contribution in [1.29, 1.82) is 0 Å². The number of fused-ring (bicyclic) bond motifs is 2. The van der Waals surface area contributed by atoms with Crippen molar-refractivity contribution < 1.29 is 4.79 Å². The summed E-state index contributed by atoms with van der Waals surface area (Å²) in [5, 5.41) is 11.4. The van der Waals surface area contributed by atoms with Crippen LogP contribution in [0.25, 0.3) is 0 Å². The van der Waals surface area contributed by atoms with Crippen LogP contribution in [0, 0.1) is 0 Å². The van der Waals surface area contributed by atoms with Gasteiger partial charge in [-0.15, -0.1) is 10.2 Å². The van der Waals surface area contributed by atoms with Gasteiger partial charge in [0.1, 0.15) is 0 Å². The highest BCUT2D eigenvalue weighted by Crippen LogP contribution is 2.33. The highest BCUT2D eigenvalue weighted by Gasteiger charge is 2.37. The van der Waals surface area contributed by atoms with Crippen molar-refractivity contribution in [2.24, 2.45) is 0 Å². The molecule has 1 aromatic heterocycles. The molecule has 0 radical (unpaired) electrons. The zero-order chi connectivity index (χ0) is 17.2. The van der Waals surface area contributed by atoms with E-state index in [4.69, 9.17) is 0 Å². The second-order valence-electron chi connectivity index (χ2n) is 6.94. The van der Waals surface area contributed by atoms with Gasteiger partial charge in [0, 0.05) is 24.3 Å². The van der Waals surface area contributed by atoms with Crippen LogP contribution in [0.1, 0.15) is 29.8 Å². The number of nitrogens with one attached hydrogen (secondary N) is 1. The molecule has 3 heterocycles. The molecule has 2 fully saturated rings. The van der Waals surface area contributed by atoms with E-state index in [1.54, 1.807) is 6.07 Å². The first-order valence-corrected chi connectivity index (χ1v) is 8.88. The quantitative estimate of drug-likeness (QED) is 0.932. The first kappa shape index (κ1) is 16.0. The Balaban J connectivity index is 1.49. The van der Waals surface area contributed by atoms with Gasteiger partial charge in [0.2, 0.25) is 0 Å². The number of carbonyl (C=O) groups excluding carboxylic acids is 1. The molecule has 130 valence electrons. The van der Waals surface area contributed by atoms with Crippen LogP contribution >= 0.6 is 0 Å². The second kappa shape index (κ2) is 6.80. The lowest BCUT2D eigenvalue weighted by molar-refractivity contribution is 0.102. The van der Waals surface area contributed by atoms with Gasteiger partial charge in [-0.25, -0.2) is 0 Å². The van der Waals surface area contributed by atoms with E-state index in [0.717, 1.165) is 31.0 Å². The number of likely N-dealkylation sites (N-methyl/N-ethyl adjacent to an activating group) is 1. The largest absolute Gasteiger partial charge is 0.348 e. The Morgan fingerprint density at radius 1 is 1.04 bits per heavy atom. The number of para-hydroxylation sites is 1.